The van der Waals surface area contributed by atoms with Crippen LogP contribution in [0.3, 0.4) is 0 Å². The summed E-state index contributed by atoms with van der Waals surface area (Å²) in [5.74, 6) is 2.29. The van der Waals surface area contributed by atoms with Crippen LogP contribution in [0.1, 0.15) is 113 Å². The molecule has 8 heteroatoms. The Morgan fingerprint density at radius 2 is 1.65 bits per heavy atom. The van der Waals surface area contributed by atoms with Gasteiger partial charge in [0.25, 0.3) is 0 Å². The Hall–Kier alpha value is -2.09. The number of hydrogen-bond acceptors (Lipinski definition) is 6. The first kappa shape index (κ1) is 31.1. The Bertz CT molecular complexity index is 1000. The molecule has 0 aliphatic rings. The van der Waals surface area contributed by atoms with Gasteiger partial charge < -0.3 is 20.4 Å². The number of nitrogen functional groups attached to an aromatic ring is 1. The molecule has 0 unspecified atom stereocenters. The van der Waals surface area contributed by atoms with Crippen molar-refractivity contribution in [2.24, 2.45) is 17.8 Å². The summed E-state index contributed by atoms with van der Waals surface area (Å²) in [6, 6.07) is 1.23. The van der Waals surface area contributed by atoms with E-state index in [1.54, 1.807) is 4.57 Å². The molecule has 0 amide bonds. The summed E-state index contributed by atoms with van der Waals surface area (Å²) >= 11 is 0. The lowest BCUT2D eigenvalue weighted by Crippen LogP contribution is -2.38. The van der Waals surface area contributed by atoms with Gasteiger partial charge in [-0.2, -0.15) is 9.97 Å². The number of hydrogen-bond donors (Lipinski definition) is 2. The molecule has 2 aromatic rings. The largest absolute Gasteiger partial charge is 0.463 e. The zero-order chi connectivity index (χ0) is 27.7. The molecular weight excluding hydrogens is 464 g/mol. The fourth-order valence-electron chi connectivity index (χ4n) is 5.38. The molecule has 2 aromatic heterocycles. The average Bonchev–Trinajstić information content (AvgIpc) is 3.16. The predicted molar refractivity (Wildman–Crippen MR) is 155 cm³/mol. The number of nitrogens with one attached hydrogen (secondary N) is 1. The summed E-state index contributed by atoms with van der Waals surface area (Å²) in [6.45, 7) is 18.6. The number of imidazole rings is 1. The van der Waals surface area contributed by atoms with E-state index >= 15 is 0 Å². The lowest BCUT2D eigenvalue weighted by Gasteiger charge is -2.33. The predicted octanol–water partition coefficient (Wildman–Crippen LogP) is 6.42. The fourth-order valence-corrected chi connectivity index (χ4v) is 5.38. The summed E-state index contributed by atoms with van der Waals surface area (Å²) in [7, 11) is 2.26. The number of nitrogens with zero attached hydrogens (tertiary/aromatic N) is 4. The van der Waals surface area contributed by atoms with Crippen LogP contribution < -0.4 is 16.2 Å². The standard InChI is InChI=1S/C29H54N6O2/c1-10-16-37-28-32-26(30)25-27(33-28)35(29(36)31-25)24(8)18-21(5)17-23(7)34(9)22(6)15-14-20(4)13-11-12-19(2)3/h19-24H,10-18H2,1-9H3,(H,31,36)(H2,30,32,33)/t20-,21-,22+,23-,24+/m1/s1. The van der Waals surface area contributed by atoms with Crippen molar-refractivity contribution in [3.8, 4) is 6.01 Å². The van der Waals surface area contributed by atoms with Crippen molar-refractivity contribution in [2.75, 3.05) is 19.4 Å². The second kappa shape index (κ2) is 14.7. The van der Waals surface area contributed by atoms with E-state index in [1.807, 2.05) is 6.92 Å². The SMILES string of the molecule is CCCOc1nc(N)c2[nH]c(=O)n([C@@H](C)C[C@H](C)C[C@@H](C)N(C)[C@@H](C)CC[C@H](C)CCCC(C)C)c2n1. The lowest BCUT2D eigenvalue weighted by atomic mass is 9.92. The number of aromatic nitrogens is 4. The van der Waals surface area contributed by atoms with E-state index in [0.29, 0.717) is 35.8 Å². The normalized spacial score (nSPS) is 16.3. The van der Waals surface area contributed by atoms with E-state index in [-0.39, 0.29) is 23.6 Å². The monoisotopic (exact) mass is 518 g/mol. The molecule has 0 fully saturated rings. The number of H-pyrrole nitrogens is 1. The highest BCUT2D eigenvalue weighted by molar-refractivity contribution is 5.82. The fraction of sp³-hybridized carbons (Fsp3) is 0.828. The van der Waals surface area contributed by atoms with Crippen LogP contribution in [0.2, 0.25) is 0 Å². The first-order chi connectivity index (χ1) is 17.4. The molecule has 37 heavy (non-hydrogen) atoms. The molecule has 0 bridgehead atoms. The van der Waals surface area contributed by atoms with Crippen LogP contribution in [-0.2, 0) is 0 Å². The molecule has 2 rings (SSSR count). The highest BCUT2D eigenvalue weighted by atomic mass is 16.5. The van der Waals surface area contributed by atoms with E-state index in [9.17, 15) is 4.79 Å². The molecule has 212 valence electrons. The van der Waals surface area contributed by atoms with Gasteiger partial charge in [0.15, 0.2) is 11.5 Å². The Balaban J connectivity index is 1.94. The van der Waals surface area contributed by atoms with Crippen molar-refractivity contribution in [3.05, 3.63) is 10.5 Å². The number of fused-ring (bicyclic) bond motifs is 1. The van der Waals surface area contributed by atoms with Crippen molar-refractivity contribution in [1.29, 1.82) is 0 Å². The van der Waals surface area contributed by atoms with Gasteiger partial charge in [-0.1, -0.05) is 53.9 Å². The highest BCUT2D eigenvalue weighted by Crippen LogP contribution is 2.27. The topological polar surface area (TPSA) is 102 Å². The zero-order valence-electron chi connectivity index (χ0n) is 25.0. The number of aromatic amines is 1. The Morgan fingerprint density at radius 1 is 0.946 bits per heavy atom. The number of rotatable bonds is 17. The summed E-state index contributed by atoms with van der Waals surface area (Å²) in [5.41, 5.74) is 6.89. The Morgan fingerprint density at radius 3 is 2.30 bits per heavy atom. The molecule has 0 radical (unpaired) electrons. The second-order valence-electron chi connectivity index (χ2n) is 12.0. The van der Waals surface area contributed by atoms with Gasteiger partial charge in [-0.05, 0) is 77.7 Å². The van der Waals surface area contributed by atoms with E-state index in [0.717, 1.165) is 31.1 Å². The van der Waals surface area contributed by atoms with Gasteiger partial charge in [0.1, 0.15) is 5.52 Å². The first-order valence-electron chi connectivity index (χ1n) is 14.6. The van der Waals surface area contributed by atoms with Crippen molar-refractivity contribution in [1.82, 2.24) is 24.4 Å². The van der Waals surface area contributed by atoms with E-state index in [2.05, 4.69) is 75.4 Å². The van der Waals surface area contributed by atoms with Crippen LogP contribution in [0.25, 0.3) is 11.2 Å². The summed E-state index contributed by atoms with van der Waals surface area (Å²) in [6.07, 6.45) is 9.36. The van der Waals surface area contributed by atoms with Crippen molar-refractivity contribution < 1.29 is 4.74 Å². The van der Waals surface area contributed by atoms with Gasteiger partial charge >= 0.3 is 11.7 Å². The lowest BCUT2D eigenvalue weighted by molar-refractivity contribution is 0.154. The number of nitrogens with two attached hydrogens (primary N) is 1. The third kappa shape index (κ3) is 9.31. The van der Waals surface area contributed by atoms with Gasteiger partial charge in [0, 0.05) is 18.1 Å². The van der Waals surface area contributed by atoms with Gasteiger partial charge in [0.2, 0.25) is 0 Å². The molecule has 2 heterocycles. The van der Waals surface area contributed by atoms with E-state index < -0.39 is 0 Å². The molecule has 0 aliphatic carbocycles. The van der Waals surface area contributed by atoms with E-state index in [1.165, 1.54) is 32.1 Å². The van der Waals surface area contributed by atoms with Crippen LogP contribution in [0, 0.1) is 17.8 Å². The van der Waals surface area contributed by atoms with E-state index in [4.69, 9.17) is 10.5 Å². The van der Waals surface area contributed by atoms with Crippen LogP contribution in [0.15, 0.2) is 4.79 Å². The maximum Gasteiger partial charge on any atom is 0.328 e. The number of ether oxygens (including phenoxy) is 1. The first-order valence-corrected chi connectivity index (χ1v) is 14.6. The average molecular weight is 519 g/mol. The van der Waals surface area contributed by atoms with Crippen LogP contribution in [-0.4, -0.2) is 50.2 Å². The number of anilines is 1. The second-order valence-corrected chi connectivity index (χ2v) is 12.0. The molecule has 0 aromatic carbocycles. The zero-order valence-corrected chi connectivity index (χ0v) is 25.0. The van der Waals surface area contributed by atoms with Crippen LogP contribution in [0.4, 0.5) is 5.82 Å². The van der Waals surface area contributed by atoms with Crippen molar-refractivity contribution in [2.45, 2.75) is 125 Å². The summed E-state index contributed by atoms with van der Waals surface area (Å²) in [4.78, 5) is 26.9. The van der Waals surface area contributed by atoms with Gasteiger partial charge in [-0.25, -0.2) is 4.79 Å². The molecular formula is C29H54N6O2. The highest BCUT2D eigenvalue weighted by Gasteiger charge is 2.23. The minimum absolute atomic E-state index is 0.0220. The van der Waals surface area contributed by atoms with Crippen molar-refractivity contribution in [3.63, 3.8) is 0 Å². The maximum atomic E-state index is 12.8. The maximum absolute atomic E-state index is 12.8. The minimum atomic E-state index is -0.204. The summed E-state index contributed by atoms with van der Waals surface area (Å²) < 4.78 is 7.31. The van der Waals surface area contributed by atoms with Gasteiger partial charge in [0.05, 0.1) is 6.61 Å². The molecule has 0 saturated carbocycles. The third-order valence-electron chi connectivity index (χ3n) is 7.89. The van der Waals surface area contributed by atoms with Gasteiger partial charge in [-0.15, -0.1) is 0 Å². The quantitative estimate of drug-likeness (QED) is 0.250. The third-order valence-corrected chi connectivity index (χ3v) is 7.89. The Labute approximate surface area is 224 Å². The molecule has 0 aliphatic heterocycles. The van der Waals surface area contributed by atoms with Gasteiger partial charge in [-0.3, -0.25) is 4.57 Å². The molecule has 5 atom stereocenters. The molecule has 3 N–H and O–H groups in total. The smallest absolute Gasteiger partial charge is 0.328 e. The van der Waals surface area contributed by atoms with Crippen LogP contribution in [0.5, 0.6) is 6.01 Å². The summed E-state index contributed by atoms with van der Waals surface area (Å²) in [5, 5.41) is 0. The minimum Gasteiger partial charge on any atom is -0.463 e. The molecule has 8 nitrogen and oxygen atoms in total. The Kier molecular flexibility index (Phi) is 12.4. The molecule has 0 saturated heterocycles. The molecule has 0 spiro atoms. The van der Waals surface area contributed by atoms with Crippen LogP contribution >= 0.6 is 0 Å². The van der Waals surface area contributed by atoms with Crippen molar-refractivity contribution >= 4 is 17.0 Å².